The van der Waals surface area contributed by atoms with E-state index < -0.39 is 0 Å². The zero-order valence-corrected chi connectivity index (χ0v) is 12.7. The van der Waals surface area contributed by atoms with Gasteiger partial charge in [0.1, 0.15) is 11.5 Å². The van der Waals surface area contributed by atoms with Crippen LogP contribution in [-0.2, 0) is 4.79 Å². The molecule has 0 bridgehead atoms. The minimum absolute atomic E-state index is 0.167. The number of benzene rings is 2. The van der Waals surface area contributed by atoms with Gasteiger partial charge in [0.25, 0.3) is 5.91 Å². The van der Waals surface area contributed by atoms with Crippen molar-refractivity contribution in [2.24, 2.45) is 5.10 Å². The molecular weight excluding hydrogens is 304 g/mol. The Morgan fingerprint density at radius 1 is 1.27 bits per heavy atom. The number of hydrazone groups is 1. The molecule has 2 rings (SSSR count). The lowest BCUT2D eigenvalue weighted by molar-refractivity contribution is -0.123. The molecule has 0 saturated carbocycles. The Morgan fingerprint density at radius 2 is 2.09 bits per heavy atom. The number of methoxy groups -OCH3 is 1. The molecule has 0 radical (unpaired) electrons. The molecule has 0 spiro atoms. The van der Waals surface area contributed by atoms with Crippen LogP contribution in [-0.4, -0.2) is 25.8 Å². The van der Waals surface area contributed by atoms with E-state index >= 15 is 0 Å². The Hall–Kier alpha value is -2.53. The molecule has 0 aromatic heterocycles. The summed E-state index contributed by atoms with van der Waals surface area (Å²) in [6, 6.07) is 14.3. The number of ether oxygens (including phenoxy) is 2. The van der Waals surface area contributed by atoms with E-state index in [0.717, 1.165) is 11.3 Å². The van der Waals surface area contributed by atoms with Crippen molar-refractivity contribution in [1.82, 2.24) is 5.43 Å². The molecule has 0 heterocycles. The molecule has 1 amide bonds. The van der Waals surface area contributed by atoms with Gasteiger partial charge in [-0.1, -0.05) is 35.9 Å². The fourth-order valence-corrected chi connectivity index (χ4v) is 1.83. The number of nitrogens with zero attached hydrogens (tertiary/aromatic N) is 1. The van der Waals surface area contributed by atoms with Crippen molar-refractivity contribution in [3.8, 4) is 11.5 Å². The third-order valence-corrected chi connectivity index (χ3v) is 3.00. The fraction of sp³-hybridized carbons (Fsp3) is 0.125. The predicted molar refractivity (Wildman–Crippen MR) is 85.7 cm³/mol. The maximum atomic E-state index is 11.6. The van der Waals surface area contributed by atoms with Crippen molar-refractivity contribution >= 4 is 23.7 Å². The maximum Gasteiger partial charge on any atom is 0.277 e. The van der Waals surface area contributed by atoms with E-state index in [1.165, 1.54) is 6.21 Å². The normalized spacial score (nSPS) is 10.5. The molecule has 0 fully saturated rings. The molecule has 0 saturated heterocycles. The van der Waals surface area contributed by atoms with Crippen molar-refractivity contribution in [3.05, 3.63) is 59.1 Å². The van der Waals surface area contributed by atoms with Crippen molar-refractivity contribution in [1.29, 1.82) is 0 Å². The van der Waals surface area contributed by atoms with Crippen LogP contribution < -0.4 is 14.9 Å². The molecule has 5 nitrogen and oxygen atoms in total. The van der Waals surface area contributed by atoms with E-state index in [9.17, 15) is 4.79 Å². The number of amides is 1. The van der Waals surface area contributed by atoms with E-state index in [-0.39, 0.29) is 12.5 Å². The number of carbonyl (C=O) groups excluding carboxylic acids is 1. The molecule has 2 aromatic carbocycles. The lowest BCUT2D eigenvalue weighted by Crippen LogP contribution is -2.24. The smallest absolute Gasteiger partial charge is 0.277 e. The molecule has 0 unspecified atom stereocenters. The second-order valence-corrected chi connectivity index (χ2v) is 4.70. The van der Waals surface area contributed by atoms with Crippen LogP contribution in [0.1, 0.15) is 5.56 Å². The second-order valence-electron chi connectivity index (χ2n) is 4.29. The molecule has 0 aliphatic carbocycles. The predicted octanol–water partition coefficient (Wildman–Crippen LogP) is 2.88. The monoisotopic (exact) mass is 318 g/mol. The minimum atomic E-state index is -0.376. The van der Waals surface area contributed by atoms with Gasteiger partial charge < -0.3 is 9.47 Å². The van der Waals surface area contributed by atoms with Crippen LogP contribution in [0.5, 0.6) is 11.5 Å². The molecule has 2 aromatic rings. The Balaban J connectivity index is 1.82. The van der Waals surface area contributed by atoms with Gasteiger partial charge in [0.2, 0.25) is 0 Å². The van der Waals surface area contributed by atoms with E-state index in [4.69, 9.17) is 21.1 Å². The highest BCUT2D eigenvalue weighted by Gasteiger charge is 2.04. The Morgan fingerprint density at radius 3 is 2.86 bits per heavy atom. The lowest BCUT2D eigenvalue weighted by Gasteiger charge is -2.06. The number of nitrogens with one attached hydrogen (secondary N) is 1. The molecule has 0 aliphatic rings. The summed E-state index contributed by atoms with van der Waals surface area (Å²) >= 11 is 5.92. The highest BCUT2D eigenvalue weighted by Crippen LogP contribution is 2.22. The van der Waals surface area contributed by atoms with Crippen LogP contribution in [0.4, 0.5) is 0 Å². The fourth-order valence-electron chi connectivity index (χ4n) is 1.64. The number of halogens is 1. The first-order valence-electron chi connectivity index (χ1n) is 6.52. The van der Waals surface area contributed by atoms with Gasteiger partial charge in [-0.05, 0) is 29.8 Å². The summed E-state index contributed by atoms with van der Waals surface area (Å²) in [5.74, 6) is 0.799. The van der Waals surface area contributed by atoms with E-state index in [1.807, 2.05) is 18.2 Å². The maximum absolute atomic E-state index is 11.6. The molecule has 1 N–H and O–H groups in total. The average Bonchev–Trinajstić information content (AvgIpc) is 2.54. The third kappa shape index (κ3) is 4.79. The summed E-state index contributed by atoms with van der Waals surface area (Å²) in [5, 5.41) is 4.31. The van der Waals surface area contributed by atoms with Gasteiger partial charge in [0.15, 0.2) is 6.61 Å². The summed E-state index contributed by atoms with van der Waals surface area (Å²) in [6.07, 6.45) is 1.52. The zero-order valence-electron chi connectivity index (χ0n) is 12.0. The molecule has 0 aliphatic heterocycles. The highest BCUT2D eigenvalue weighted by atomic mass is 35.5. The Kier molecular flexibility index (Phi) is 5.80. The molecule has 6 heteroatoms. The summed E-state index contributed by atoms with van der Waals surface area (Å²) in [5.41, 5.74) is 3.19. The van der Waals surface area contributed by atoms with Crippen LogP contribution in [0.2, 0.25) is 5.02 Å². The molecule has 0 atom stereocenters. The number of para-hydroxylation sites is 1. The Labute approximate surface area is 133 Å². The topological polar surface area (TPSA) is 59.9 Å². The van der Waals surface area contributed by atoms with Crippen LogP contribution in [0.3, 0.4) is 0 Å². The first-order chi connectivity index (χ1) is 10.7. The zero-order chi connectivity index (χ0) is 15.8. The number of carbonyl (C=O) groups is 1. The van der Waals surface area contributed by atoms with Crippen LogP contribution in [0, 0.1) is 0 Å². The second kappa shape index (κ2) is 8.05. The number of rotatable bonds is 6. The van der Waals surface area contributed by atoms with Crippen molar-refractivity contribution in [3.63, 3.8) is 0 Å². The molecule has 22 heavy (non-hydrogen) atoms. The van der Waals surface area contributed by atoms with Crippen molar-refractivity contribution < 1.29 is 14.3 Å². The van der Waals surface area contributed by atoms with Gasteiger partial charge >= 0.3 is 0 Å². The number of hydrogen-bond donors (Lipinski definition) is 1. The van der Waals surface area contributed by atoms with E-state index in [1.54, 1.807) is 37.4 Å². The van der Waals surface area contributed by atoms with Gasteiger partial charge in [-0.15, -0.1) is 0 Å². The summed E-state index contributed by atoms with van der Waals surface area (Å²) < 4.78 is 10.4. The van der Waals surface area contributed by atoms with Crippen LogP contribution in [0.25, 0.3) is 0 Å². The van der Waals surface area contributed by atoms with Crippen molar-refractivity contribution in [2.75, 3.05) is 13.7 Å². The number of hydrogen-bond acceptors (Lipinski definition) is 4. The van der Waals surface area contributed by atoms with E-state index in [0.29, 0.717) is 10.8 Å². The van der Waals surface area contributed by atoms with Gasteiger partial charge in [-0.25, -0.2) is 5.43 Å². The standard InChI is InChI=1S/C16H15ClN2O3/c1-21-13-6-4-5-12(9-13)10-18-19-16(20)11-22-15-8-3-2-7-14(15)17/h2-10H,11H2,1H3,(H,19,20)/b18-10+. The van der Waals surface area contributed by atoms with Gasteiger partial charge in [-0.2, -0.15) is 5.10 Å². The van der Waals surface area contributed by atoms with Crippen LogP contribution in [0.15, 0.2) is 53.6 Å². The summed E-state index contributed by atoms with van der Waals surface area (Å²) in [4.78, 5) is 11.6. The van der Waals surface area contributed by atoms with Crippen molar-refractivity contribution in [2.45, 2.75) is 0 Å². The third-order valence-electron chi connectivity index (χ3n) is 2.69. The first kappa shape index (κ1) is 15.9. The molecule has 114 valence electrons. The summed E-state index contributed by atoms with van der Waals surface area (Å²) in [6.45, 7) is -0.167. The molecular formula is C16H15ClN2O3. The quantitative estimate of drug-likeness (QED) is 0.658. The van der Waals surface area contributed by atoms with Gasteiger partial charge in [-0.3, -0.25) is 4.79 Å². The Bertz CT molecular complexity index is 674. The summed E-state index contributed by atoms with van der Waals surface area (Å²) in [7, 11) is 1.59. The van der Waals surface area contributed by atoms with Gasteiger partial charge in [0.05, 0.1) is 18.3 Å². The average molecular weight is 319 g/mol. The lowest BCUT2D eigenvalue weighted by atomic mass is 10.2. The van der Waals surface area contributed by atoms with Crippen LogP contribution >= 0.6 is 11.6 Å². The minimum Gasteiger partial charge on any atom is -0.497 e. The SMILES string of the molecule is COc1cccc(/C=N/NC(=O)COc2ccccc2Cl)c1. The van der Waals surface area contributed by atoms with Gasteiger partial charge in [0, 0.05) is 0 Å². The van der Waals surface area contributed by atoms with E-state index in [2.05, 4.69) is 10.5 Å². The largest absolute Gasteiger partial charge is 0.497 e. The highest BCUT2D eigenvalue weighted by molar-refractivity contribution is 6.32. The first-order valence-corrected chi connectivity index (χ1v) is 6.90.